The van der Waals surface area contributed by atoms with Gasteiger partial charge < -0.3 is 29.7 Å². The van der Waals surface area contributed by atoms with Crippen molar-refractivity contribution in [3.05, 3.63) is 0 Å². The number of aliphatic hydroxyl groups excluding tert-OH is 2. The molecule has 0 radical (unpaired) electrons. The van der Waals surface area contributed by atoms with Gasteiger partial charge in [-0.25, -0.2) is 0 Å². The Morgan fingerprint density at radius 2 is 1.94 bits per heavy atom. The maximum atomic E-state index is 9.83. The van der Waals surface area contributed by atoms with Crippen molar-refractivity contribution in [1.29, 1.82) is 0 Å². The van der Waals surface area contributed by atoms with Crippen molar-refractivity contribution in [2.24, 2.45) is 0 Å². The first kappa shape index (κ1) is 13.8. The molecule has 1 aliphatic rings. The second-order valence-corrected chi connectivity index (χ2v) is 3.87. The SMILES string of the molecule is CN[C@H]1[C@@H](OCCOC)O[C@H](C)[C@H](O)[C@@H]1O. The number of likely N-dealkylation sites (N-methyl/N-ethyl adjacent to an activating group) is 1. The monoisotopic (exact) mass is 235 g/mol. The second kappa shape index (κ2) is 6.48. The van der Waals surface area contributed by atoms with Crippen LogP contribution in [0.25, 0.3) is 0 Å². The van der Waals surface area contributed by atoms with E-state index >= 15 is 0 Å². The van der Waals surface area contributed by atoms with Gasteiger partial charge in [0.2, 0.25) is 0 Å². The Morgan fingerprint density at radius 3 is 2.50 bits per heavy atom. The molecule has 1 aliphatic heterocycles. The lowest BCUT2D eigenvalue weighted by Crippen LogP contribution is -2.62. The Kier molecular flexibility index (Phi) is 5.60. The molecule has 0 spiro atoms. The van der Waals surface area contributed by atoms with Gasteiger partial charge in [-0.05, 0) is 14.0 Å². The van der Waals surface area contributed by atoms with E-state index in [2.05, 4.69) is 5.32 Å². The number of ether oxygens (including phenoxy) is 3. The predicted molar refractivity (Wildman–Crippen MR) is 57.0 cm³/mol. The number of nitrogens with one attached hydrogen (secondary N) is 1. The van der Waals surface area contributed by atoms with E-state index in [1.807, 2.05) is 0 Å². The molecule has 5 atom stereocenters. The van der Waals surface area contributed by atoms with Crippen LogP contribution in [0.5, 0.6) is 0 Å². The van der Waals surface area contributed by atoms with E-state index in [1.54, 1.807) is 21.1 Å². The first-order valence-electron chi connectivity index (χ1n) is 5.41. The van der Waals surface area contributed by atoms with Gasteiger partial charge in [-0.15, -0.1) is 0 Å². The topological polar surface area (TPSA) is 80.2 Å². The average Bonchev–Trinajstić information content (AvgIpc) is 2.27. The summed E-state index contributed by atoms with van der Waals surface area (Å²) in [7, 11) is 3.27. The van der Waals surface area contributed by atoms with Crippen molar-refractivity contribution in [3.8, 4) is 0 Å². The molecule has 0 aromatic carbocycles. The zero-order valence-electron chi connectivity index (χ0n) is 9.92. The predicted octanol–water partition coefficient (Wildman–Crippen LogP) is -1.30. The van der Waals surface area contributed by atoms with Crippen LogP contribution in [0.2, 0.25) is 0 Å². The van der Waals surface area contributed by atoms with E-state index < -0.39 is 30.6 Å². The van der Waals surface area contributed by atoms with Crippen LogP contribution < -0.4 is 5.32 Å². The lowest BCUT2D eigenvalue weighted by Gasteiger charge is -2.41. The van der Waals surface area contributed by atoms with E-state index in [9.17, 15) is 10.2 Å². The fraction of sp³-hybridized carbons (Fsp3) is 1.00. The second-order valence-electron chi connectivity index (χ2n) is 3.87. The largest absolute Gasteiger partial charge is 0.388 e. The highest BCUT2D eigenvalue weighted by atomic mass is 16.7. The Hall–Kier alpha value is -0.240. The van der Waals surface area contributed by atoms with Gasteiger partial charge in [0.15, 0.2) is 6.29 Å². The highest BCUT2D eigenvalue weighted by Gasteiger charge is 2.42. The van der Waals surface area contributed by atoms with Gasteiger partial charge in [-0.2, -0.15) is 0 Å². The zero-order chi connectivity index (χ0) is 12.1. The summed E-state index contributed by atoms with van der Waals surface area (Å²) in [6, 6.07) is -0.442. The molecular formula is C10H21NO5. The van der Waals surface area contributed by atoms with Crippen LogP contribution in [-0.2, 0) is 14.2 Å². The smallest absolute Gasteiger partial charge is 0.175 e. The summed E-state index contributed by atoms with van der Waals surface area (Å²) in [5.41, 5.74) is 0. The van der Waals surface area contributed by atoms with Gasteiger partial charge in [0.25, 0.3) is 0 Å². The first-order valence-corrected chi connectivity index (χ1v) is 5.41. The minimum Gasteiger partial charge on any atom is -0.388 e. The average molecular weight is 235 g/mol. The minimum absolute atomic E-state index is 0.384. The molecular weight excluding hydrogens is 214 g/mol. The van der Waals surface area contributed by atoms with Crippen molar-refractivity contribution in [3.63, 3.8) is 0 Å². The van der Waals surface area contributed by atoms with Gasteiger partial charge >= 0.3 is 0 Å². The summed E-state index contributed by atoms with van der Waals surface area (Å²) in [5.74, 6) is 0. The first-order chi connectivity index (χ1) is 7.61. The third-order valence-electron chi connectivity index (χ3n) is 2.74. The van der Waals surface area contributed by atoms with E-state index in [-0.39, 0.29) is 0 Å². The van der Waals surface area contributed by atoms with Gasteiger partial charge in [0.1, 0.15) is 12.2 Å². The summed E-state index contributed by atoms with van der Waals surface area (Å²) >= 11 is 0. The maximum absolute atomic E-state index is 9.83. The summed E-state index contributed by atoms with van der Waals surface area (Å²) in [4.78, 5) is 0. The lowest BCUT2D eigenvalue weighted by atomic mass is 9.98. The molecule has 1 heterocycles. The van der Waals surface area contributed by atoms with Crippen LogP contribution >= 0.6 is 0 Å². The molecule has 3 N–H and O–H groups in total. The summed E-state index contributed by atoms with van der Waals surface area (Å²) < 4.78 is 15.8. The zero-order valence-corrected chi connectivity index (χ0v) is 9.92. The van der Waals surface area contributed by atoms with Crippen molar-refractivity contribution in [1.82, 2.24) is 5.32 Å². The van der Waals surface area contributed by atoms with Gasteiger partial charge in [-0.1, -0.05) is 0 Å². The van der Waals surface area contributed by atoms with Crippen LogP contribution in [0.4, 0.5) is 0 Å². The molecule has 0 amide bonds. The molecule has 1 fully saturated rings. The van der Waals surface area contributed by atoms with Gasteiger partial charge in [0, 0.05) is 7.11 Å². The highest BCUT2D eigenvalue weighted by Crippen LogP contribution is 2.21. The van der Waals surface area contributed by atoms with E-state index in [0.717, 1.165) is 0 Å². The molecule has 0 unspecified atom stereocenters. The summed E-state index contributed by atoms with van der Waals surface area (Å²) in [6.07, 6.45) is -2.83. The third kappa shape index (κ3) is 3.13. The molecule has 6 heteroatoms. The maximum Gasteiger partial charge on any atom is 0.175 e. The fourth-order valence-corrected chi connectivity index (χ4v) is 1.73. The van der Waals surface area contributed by atoms with Crippen molar-refractivity contribution >= 4 is 0 Å². The molecule has 1 rings (SSSR count). The molecule has 0 aromatic heterocycles. The van der Waals surface area contributed by atoms with Crippen molar-refractivity contribution < 1.29 is 24.4 Å². The number of rotatable bonds is 5. The van der Waals surface area contributed by atoms with Gasteiger partial charge in [0.05, 0.1) is 25.4 Å². The highest BCUT2D eigenvalue weighted by molar-refractivity contribution is 4.91. The minimum atomic E-state index is -0.903. The quantitative estimate of drug-likeness (QED) is 0.514. The summed E-state index contributed by atoms with van der Waals surface area (Å²) in [5, 5.41) is 22.4. The van der Waals surface area contributed by atoms with Crippen molar-refractivity contribution in [2.75, 3.05) is 27.4 Å². The Balaban J connectivity index is 2.53. The summed E-state index contributed by atoms with van der Waals surface area (Å²) in [6.45, 7) is 2.55. The molecule has 6 nitrogen and oxygen atoms in total. The molecule has 16 heavy (non-hydrogen) atoms. The molecule has 0 aliphatic carbocycles. The van der Waals surface area contributed by atoms with E-state index in [1.165, 1.54) is 0 Å². The Labute approximate surface area is 95.5 Å². The number of aliphatic hydroxyl groups is 2. The number of methoxy groups -OCH3 is 1. The Morgan fingerprint density at radius 1 is 1.25 bits per heavy atom. The molecule has 0 aromatic rings. The fourth-order valence-electron chi connectivity index (χ4n) is 1.73. The molecule has 96 valence electrons. The number of hydrogen-bond acceptors (Lipinski definition) is 6. The third-order valence-corrected chi connectivity index (χ3v) is 2.74. The van der Waals surface area contributed by atoms with E-state index in [4.69, 9.17) is 14.2 Å². The van der Waals surface area contributed by atoms with Gasteiger partial charge in [-0.3, -0.25) is 0 Å². The molecule has 0 bridgehead atoms. The van der Waals surface area contributed by atoms with Crippen LogP contribution in [0, 0.1) is 0 Å². The lowest BCUT2D eigenvalue weighted by molar-refractivity contribution is -0.261. The van der Waals surface area contributed by atoms with Crippen LogP contribution in [0.1, 0.15) is 6.92 Å². The molecule has 1 saturated heterocycles. The van der Waals surface area contributed by atoms with E-state index in [0.29, 0.717) is 13.2 Å². The van der Waals surface area contributed by atoms with Crippen molar-refractivity contribution in [2.45, 2.75) is 37.6 Å². The van der Waals surface area contributed by atoms with Crippen LogP contribution in [0.3, 0.4) is 0 Å². The number of hydrogen-bond donors (Lipinski definition) is 3. The Bertz CT molecular complexity index is 204. The standard InChI is InChI=1S/C10H21NO5/c1-6-8(12)9(13)7(11-2)10(16-6)15-5-4-14-3/h6-13H,4-5H2,1-3H3/t6-,7-,8+,9-,10+/m1/s1. The van der Waals surface area contributed by atoms with Crippen LogP contribution in [0.15, 0.2) is 0 Å². The van der Waals surface area contributed by atoms with Crippen LogP contribution in [-0.4, -0.2) is 68.2 Å². The normalized spacial score (nSPS) is 39.9. The molecule has 0 saturated carbocycles.